The molecule has 1 N–H and O–H groups in total. The normalized spacial score (nSPS) is 10.3. The summed E-state index contributed by atoms with van der Waals surface area (Å²) in [7, 11) is 0. The van der Waals surface area contributed by atoms with Gasteiger partial charge in [0, 0.05) is 9.92 Å². The lowest BCUT2D eigenvalue weighted by atomic mass is 10.4. The first-order valence-electron chi connectivity index (χ1n) is 4.65. The van der Waals surface area contributed by atoms with Gasteiger partial charge in [0.15, 0.2) is 6.29 Å². The fourth-order valence-corrected chi connectivity index (χ4v) is 2.10. The molecule has 0 unspecified atom stereocenters. The zero-order valence-electron chi connectivity index (χ0n) is 8.31. The van der Waals surface area contributed by atoms with Crippen molar-refractivity contribution in [1.29, 1.82) is 0 Å². The number of halogens is 1. The van der Waals surface area contributed by atoms with E-state index in [0.717, 1.165) is 22.0 Å². The van der Waals surface area contributed by atoms with Crippen LogP contribution in [0.5, 0.6) is 0 Å². The van der Waals surface area contributed by atoms with E-state index < -0.39 is 0 Å². The number of H-pyrrole nitrogens is 1. The summed E-state index contributed by atoms with van der Waals surface area (Å²) in [5.74, 6) is 1.50. The monoisotopic (exact) mass is 252 g/mol. The van der Waals surface area contributed by atoms with Crippen LogP contribution in [0.15, 0.2) is 35.4 Å². The lowest BCUT2D eigenvalue weighted by Gasteiger charge is -1.99. The van der Waals surface area contributed by atoms with Crippen LogP contribution in [0.1, 0.15) is 16.3 Å². The second-order valence-electron chi connectivity index (χ2n) is 3.15. The fraction of sp³-hybridized carbons (Fsp3) is 0.0909. The molecule has 2 aromatic rings. The maximum atomic E-state index is 10.4. The lowest BCUT2D eigenvalue weighted by molar-refractivity contribution is 0.111. The first-order valence-corrected chi connectivity index (χ1v) is 6.02. The van der Waals surface area contributed by atoms with Crippen LogP contribution >= 0.6 is 23.4 Å². The Morgan fingerprint density at radius 3 is 2.75 bits per heavy atom. The van der Waals surface area contributed by atoms with Gasteiger partial charge in [-0.05, 0) is 24.3 Å². The van der Waals surface area contributed by atoms with Crippen LogP contribution < -0.4 is 0 Å². The minimum atomic E-state index is 0.506. The van der Waals surface area contributed by atoms with Gasteiger partial charge >= 0.3 is 0 Å². The lowest BCUT2D eigenvalue weighted by Crippen LogP contribution is -1.84. The molecule has 0 saturated heterocycles. The number of hydrogen-bond acceptors (Lipinski definition) is 3. The van der Waals surface area contributed by atoms with Crippen molar-refractivity contribution >= 4 is 29.6 Å². The number of rotatable bonds is 4. The van der Waals surface area contributed by atoms with E-state index in [4.69, 9.17) is 11.6 Å². The summed E-state index contributed by atoms with van der Waals surface area (Å²) in [6, 6.07) is 7.61. The number of aldehydes is 1. The first kappa shape index (κ1) is 11.2. The molecule has 0 radical (unpaired) electrons. The Morgan fingerprint density at radius 1 is 1.38 bits per heavy atom. The van der Waals surface area contributed by atoms with Crippen LogP contribution in [-0.4, -0.2) is 16.3 Å². The second-order valence-corrected chi connectivity index (χ2v) is 4.63. The SMILES string of the molecule is O=Cc1cnc(CSc2ccc(Cl)cc2)[nH]1. The summed E-state index contributed by atoms with van der Waals surface area (Å²) in [5, 5.41) is 0.727. The Kier molecular flexibility index (Phi) is 3.64. The number of nitrogens with one attached hydrogen (secondary N) is 1. The molecular formula is C11H9ClN2OS. The third-order valence-electron chi connectivity index (χ3n) is 1.96. The molecule has 82 valence electrons. The van der Waals surface area contributed by atoms with Crippen molar-refractivity contribution in [2.24, 2.45) is 0 Å². The number of benzene rings is 1. The number of hydrogen-bond donors (Lipinski definition) is 1. The van der Waals surface area contributed by atoms with Crippen LogP contribution in [0.3, 0.4) is 0 Å². The van der Waals surface area contributed by atoms with E-state index in [9.17, 15) is 4.79 Å². The van der Waals surface area contributed by atoms with Gasteiger partial charge < -0.3 is 4.98 Å². The second kappa shape index (κ2) is 5.18. The van der Waals surface area contributed by atoms with E-state index >= 15 is 0 Å². The molecule has 3 nitrogen and oxygen atoms in total. The maximum Gasteiger partial charge on any atom is 0.167 e. The van der Waals surface area contributed by atoms with Gasteiger partial charge in [-0.25, -0.2) is 4.98 Å². The molecule has 1 heterocycles. The summed E-state index contributed by atoms with van der Waals surface area (Å²) in [6.45, 7) is 0. The summed E-state index contributed by atoms with van der Waals surface area (Å²) in [6.07, 6.45) is 2.29. The largest absolute Gasteiger partial charge is 0.339 e. The number of nitrogens with zero attached hydrogens (tertiary/aromatic N) is 1. The van der Waals surface area contributed by atoms with Crippen molar-refractivity contribution in [3.8, 4) is 0 Å². The first-order chi connectivity index (χ1) is 7.78. The zero-order chi connectivity index (χ0) is 11.4. The topological polar surface area (TPSA) is 45.8 Å². The smallest absolute Gasteiger partial charge is 0.167 e. The third-order valence-corrected chi connectivity index (χ3v) is 3.24. The summed E-state index contributed by atoms with van der Waals surface area (Å²) >= 11 is 7.42. The highest BCUT2D eigenvalue weighted by molar-refractivity contribution is 7.98. The van der Waals surface area contributed by atoms with Gasteiger partial charge in [0.25, 0.3) is 0 Å². The standard InChI is InChI=1S/C11H9ClN2OS/c12-8-1-3-10(4-2-8)16-7-11-13-5-9(6-15)14-11/h1-6H,7H2,(H,13,14). The van der Waals surface area contributed by atoms with Crippen molar-refractivity contribution in [3.63, 3.8) is 0 Å². The fourth-order valence-electron chi connectivity index (χ4n) is 1.19. The molecule has 1 aromatic carbocycles. The average molecular weight is 253 g/mol. The van der Waals surface area contributed by atoms with Crippen LogP contribution in [0, 0.1) is 0 Å². The number of carbonyl (C=O) groups is 1. The number of aromatic amines is 1. The van der Waals surface area contributed by atoms with Gasteiger partial charge in [0.05, 0.1) is 17.6 Å². The Labute approximate surface area is 102 Å². The molecule has 0 fully saturated rings. The minimum absolute atomic E-state index is 0.506. The van der Waals surface area contributed by atoms with E-state index in [2.05, 4.69) is 9.97 Å². The third kappa shape index (κ3) is 2.87. The molecule has 0 bridgehead atoms. The van der Waals surface area contributed by atoms with Gasteiger partial charge in [-0.15, -0.1) is 11.8 Å². The predicted octanol–water partition coefficient (Wildman–Crippen LogP) is 3.17. The molecule has 1 aromatic heterocycles. The van der Waals surface area contributed by atoms with E-state index in [1.807, 2.05) is 24.3 Å². The van der Waals surface area contributed by atoms with Gasteiger partial charge in [-0.1, -0.05) is 11.6 Å². The highest BCUT2D eigenvalue weighted by Gasteiger charge is 2.00. The summed E-state index contributed by atoms with van der Waals surface area (Å²) in [5.41, 5.74) is 0.506. The average Bonchev–Trinajstić information content (AvgIpc) is 2.76. The Morgan fingerprint density at radius 2 is 2.12 bits per heavy atom. The molecule has 0 amide bonds. The zero-order valence-corrected chi connectivity index (χ0v) is 9.89. The van der Waals surface area contributed by atoms with Gasteiger partial charge in [0.2, 0.25) is 0 Å². The van der Waals surface area contributed by atoms with Crippen LogP contribution in [0.4, 0.5) is 0 Å². The van der Waals surface area contributed by atoms with Crippen molar-refractivity contribution < 1.29 is 4.79 Å². The van der Waals surface area contributed by atoms with E-state index in [0.29, 0.717) is 11.4 Å². The Hall–Kier alpha value is -1.26. The molecule has 0 spiro atoms. The Bertz CT molecular complexity index is 481. The number of thioether (sulfide) groups is 1. The molecule has 5 heteroatoms. The van der Waals surface area contributed by atoms with Crippen LogP contribution in [0.25, 0.3) is 0 Å². The molecule has 0 aliphatic rings. The van der Waals surface area contributed by atoms with E-state index in [1.54, 1.807) is 11.8 Å². The highest BCUT2D eigenvalue weighted by atomic mass is 35.5. The molecular weight excluding hydrogens is 244 g/mol. The highest BCUT2D eigenvalue weighted by Crippen LogP contribution is 2.22. The van der Waals surface area contributed by atoms with E-state index in [1.165, 1.54) is 6.20 Å². The van der Waals surface area contributed by atoms with Gasteiger partial charge in [-0.3, -0.25) is 4.79 Å². The number of imidazole rings is 1. The van der Waals surface area contributed by atoms with Crippen LogP contribution in [0.2, 0.25) is 5.02 Å². The predicted molar refractivity (Wildman–Crippen MR) is 65.0 cm³/mol. The van der Waals surface area contributed by atoms with Gasteiger partial charge in [-0.2, -0.15) is 0 Å². The molecule has 2 rings (SSSR count). The quantitative estimate of drug-likeness (QED) is 0.672. The van der Waals surface area contributed by atoms with E-state index in [-0.39, 0.29) is 0 Å². The summed E-state index contributed by atoms with van der Waals surface area (Å²) in [4.78, 5) is 18.6. The minimum Gasteiger partial charge on any atom is -0.339 e. The molecule has 0 aliphatic heterocycles. The van der Waals surface area contributed by atoms with Crippen molar-refractivity contribution in [1.82, 2.24) is 9.97 Å². The van der Waals surface area contributed by atoms with Gasteiger partial charge in [0.1, 0.15) is 5.82 Å². The molecule has 16 heavy (non-hydrogen) atoms. The van der Waals surface area contributed by atoms with Crippen LogP contribution in [-0.2, 0) is 5.75 Å². The van der Waals surface area contributed by atoms with Crippen molar-refractivity contribution in [2.75, 3.05) is 0 Å². The number of aromatic nitrogens is 2. The number of carbonyl (C=O) groups excluding carboxylic acids is 1. The maximum absolute atomic E-state index is 10.4. The molecule has 0 saturated carbocycles. The molecule has 0 aliphatic carbocycles. The Balaban J connectivity index is 1.96. The van der Waals surface area contributed by atoms with Crippen molar-refractivity contribution in [3.05, 3.63) is 47.0 Å². The summed E-state index contributed by atoms with van der Waals surface area (Å²) < 4.78 is 0. The van der Waals surface area contributed by atoms with Crippen molar-refractivity contribution in [2.45, 2.75) is 10.6 Å². The molecule has 0 atom stereocenters.